The van der Waals surface area contributed by atoms with Gasteiger partial charge in [-0.1, -0.05) is 13.8 Å². The van der Waals surface area contributed by atoms with Crippen molar-refractivity contribution in [3.63, 3.8) is 0 Å². The van der Waals surface area contributed by atoms with Crippen molar-refractivity contribution in [2.45, 2.75) is 34.2 Å². The summed E-state index contributed by atoms with van der Waals surface area (Å²) in [5, 5.41) is 0.757. The Morgan fingerprint density at radius 1 is 1.32 bits per heavy atom. The second kappa shape index (κ2) is 5.84. The SMILES string of the molecule is CCN(CC)CCn1c(C)nc2sc(C)cc2c1=O. The van der Waals surface area contributed by atoms with Crippen molar-refractivity contribution >= 4 is 21.6 Å². The van der Waals surface area contributed by atoms with Crippen LogP contribution in [0.2, 0.25) is 0 Å². The number of aryl methyl sites for hydroxylation is 2. The quantitative estimate of drug-likeness (QED) is 0.843. The molecule has 0 unspecified atom stereocenters. The van der Waals surface area contributed by atoms with E-state index in [-0.39, 0.29) is 5.56 Å². The van der Waals surface area contributed by atoms with Gasteiger partial charge in [-0.2, -0.15) is 0 Å². The summed E-state index contributed by atoms with van der Waals surface area (Å²) in [4.78, 5) is 21.3. The molecule has 0 saturated heterocycles. The van der Waals surface area contributed by atoms with Crippen LogP contribution in [0.5, 0.6) is 0 Å². The highest BCUT2D eigenvalue weighted by Gasteiger charge is 2.11. The molecule has 0 spiro atoms. The molecule has 0 aromatic carbocycles. The zero-order valence-corrected chi connectivity index (χ0v) is 12.9. The van der Waals surface area contributed by atoms with Gasteiger partial charge in [-0.3, -0.25) is 9.36 Å². The van der Waals surface area contributed by atoms with Crippen LogP contribution in [-0.4, -0.2) is 34.1 Å². The van der Waals surface area contributed by atoms with E-state index in [0.29, 0.717) is 6.54 Å². The van der Waals surface area contributed by atoms with Crippen LogP contribution in [0.25, 0.3) is 10.2 Å². The van der Waals surface area contributed by atoms with Gasteiger partial charge < -0.3 is 4.90 Å². The number of fused-ring (bicyclic) bond motifs is 1. The maximum atomic E-state index is 12.5. The third kappa shape index (κ3) is 2.87. The summed E-state index contributed by atoms with van der Waals surface area (Å²) in [5.74, 6) is 0.812. The van der Waals surface area contributed by atoms with Crippen molar-refractivity contribution in [1.82, 2.24) is 14.5 Å². The summed E-state index contributed by atoms with van der Waals surface area (Å²) in [5.41, 5.74) is 0.0963. The van der Waals surface area contributed by atoms with E-state index in [1.807, 2.05) is 19.9 Å². The van der Waals surface area contributed by atoms with Crippen molar-refractivity contribution in [2.24, 2.45) is 0 Å². The third-order valence-corrected chi connectivity index (χ3v) is 4.44. The van der Waals surface area contributed by atoms with Crippen LogP contribution < -0.4 is 5.56 Å². The highest BCUT2D eigenvalue weighted by molar-refractivity contribution is 7.18. The van der Waals surface area contributed by atoms with Crippen LogP contribution in [0.3, 0.4) is 0 Å². The Hall–Kier alpha value is -1.20. The number of thiophene rings is 1. The molecule has 4 nitrogen and oxygen atoms in total. The first kappa shape index (κ1) is 14.2. The molecule has 0 atom stereocenters. The van der Waals surface area contributed by atoms with E-state index in [1.54, 1.807) is 15.9 Å². The standard InChI is InChI=1S/C14H21N3OS/c1-5-16(6-2)7-8-17-11(4)15-13-12(14(17)18)9-10(3)19-13/h9H,5-8H2,1-4H3. The molecule has 0 bridgehead atoms. The minimum absolute atomic E-state index is 0.0963. The van der Waals surface area contributed by atoms with E-state index in [1.165, 1.54) is 0 Å². The first-order valence-electron chi connectivity index (χ1n) is 6.76. The Morgan fingerprint density at radius 3 is 2.63 bits per heavy atom. The van der Waals surface area contributed by atoms with E-state index in [0.717, 1.165) is 40.6 Å². The molecular formula is C14H21N3OS. The van der Waals surface area contributed by atoms with Crippen molar-refractivity contribution in [1.29, 1.82) is 0 Å². The van der Waals surface area contributed by atoms with Gasteiger partial charge in [-0.15, -0.1) is 11.3 Å². The van der Waals surface area contributed by atoms with Crippen molar-refractivity contribution < 1.29 is 0 Å². The van der Waals surface area contributed by atoms with Crippen LogP contribution in [0.15, 0.2) is 10.9 Å². The van der Waals surface area contributed by atoms with Crippen molar-refractivity contribution in [3.05, 3.63) is 27.1 Å². The van der Waals surface area contributed by atoms with Crippen molar-refractivity contribution in [3.8, 4) is 0 Å². The van der Waals surface area contributed by atoms with Crippen molar-refractivity contribution in [2.75, 3.05) is 19.6 Å². The fourth-order valence-electron chi connectivity index (χ4n) is 2.28. The number of likely N-dealkylation sites (N-methyl/N-ethyl adjacent to an activating group) is 1. The van der Waals surface area contributed by atoms with Crippen LogP contribution >= 0.6 is 11.3 Å². The molecule has 2 aromatic rings. The van der Waals surface area contributed by atoms with E-state index in [9.17, 15) is 4.79 Å². The maximum Gasteiger partial charge on any atom is 0.262 e. The normalized spacial score (nSPS) is 11.6. The maximum absolute atomic E-state index is 12.5. The topological polar surface area (TPSA) is 38.1 Å². The molecule has 104 valence electrons. The number of nitrogens with zero attached hydrogens (tertiary/aromatic N) is 3. The second-order valence-electron chi connectivity index (χ2n) is 4.72. The van der Waals surface area contributed by atoms with Gasteiger partial charge in [-0.25, -0.2) is 4.98 Å². The van der Waals surface area contributed by atoms with Gasteiger partial charge >= 0.3 is 0 Å². The number of aromatic nitrogens is 2. The molecule has 2 rings (SSSR count). The van der Waals surface area contributed by atoms with E-state index in [2.05, 4.69) is 23.7 Å². The van der Waals surface area contributed by atoms with E-state index in [4.69, 9.17) is 0 Å². The Bertz CT molecular complexity index is 625. The Balaban J connectivity index is 2.35. The first-order valence-corrected chi connectivity index (χ1v) is 7.58. The first-order chi connectivity index (χ1) is 9.06. The molecule has 0 aliphatic carbocycles. The number of rotatable bonds is 5. The van der Waals surface area contributed by atoms with Gasteiger partial charge in [0.05, 0.1) is 5.39 Å². The van der Waals surface area contributed by atoms with Gasteiger partial charge in [0.1, 0.15) is 10.7 Å². The minimum Gasteiger partial charge on any atom is -0.302 e. The minimum atomic E-state index is 0.0963. The highest BCUT2D eigenvalue weighted by Crippen LogP contribution is 2.20. The lowest BCUT2D eigenvalue weighted by Gasteiger charge is -2.19. The molecule has 5 heteroatoms. The molecule has 0 radical (unpaired) electrons. The summed E-state index contributed by atoms with van der Waals surface area (Å²) >= 11 is 1.59. The largest absolute Gasteiger partial charge is 0.302 e. The predicted octanol–water partition coefficient (Wildman–Crippen LogP) is 2.42. The molecule has 0 saturated carbocycles. The lowest BCUT2D eigenvalue weighted by Crippen LogP contribution is -2.32. The predicted molar refractivity (Wildman–Crippen MR) is 81.1 cm³/mol. The molecular weight excluding hydrogens is 258 g/mol. The lowest BCUT2D eigenvalue weighted by atomic mass is 10.3. The van der Waals surface area contributed by atoms with Crippen LogP contribution in [0.4, 0.5) is 0 Å². The number of hydrogen-bond donors (Lipinski definition) is 0. The van der Waals surface area contributed by atoms with Gasteiger partial charge in [0.15, 0.2) is 0 Å². The van der Waals surface area contributed by atoms with E-state index >= 15 is 0 Å². The smallest absolute Gasteiger partial charge is 0.262 e. The lowest BCUT2D eigenvalue weighted by molar-refractivity contribution is 0.288. The van der Waals surface area contributed by atoms with E-state index < -0.39 is 0 Å². The summed E-state index contributed by atoms with van der Waals surface area (Å²) in [6, 6.07) is 1.95. The zero-order valence-electron chi connectivity index (χ0n) is 12.1. The molecule has 0 amide bonds. The Labute approximate surface area is 117 Å². The van der Waals surface area contributed by atoms with Crippen LogP contribution in [0, 0.1) is 13.8 Å². The molecule has 19 heavy (non-hydrogen) atoms. The summed E-state index contributed by atoms with van der Waals surface area (Å²) in [6.07, 6.45) is 0. The van der Waals surface area contributed by atoms with Gasteiger partial charge in [0.25, 0.3) is 5.56 Å². The fraction of sp³-hybridized carbons (Fsp3) is 0.571. The van der Waals surface area contributed by atoms with Gasteiger partial charge in [-0.05, 0) is 33.0 Å². The Kier molecular flexibility index (Phi) is 4.37. The second-order valence-corrected chi connectivity index (χ2v) is 5.95. The average molecular weight is 279 g/mol. The summed E-state index contributed by atoms with van der Waals surface area (Å²) in [6.45, 7) is 11.8. The summed E-state index contributed by atoms with van der Waals surface area (Å²) in [7, 11) is 0. The molecule has 0 aliphatic rings. The summed E-state index contributed by atoms with van der Waals surface area (Å²) < 4.78 is 1.80. The monoisotopic (exact) mass is 279 g/mol. The average Bonchev–Trinajstić information content (AvgIpc) is 2.74. The highest BCUT2D eigenvalue weighted by atomic mass is 32.1. The third-order valence-electron chi connectivity index (χ3n) is 3.50. The molecule has 0 fully saturated rings. The van der Waals surface area contributed by atoms with Crippen LogP contribution in [-0.2, 0) is 6.54 Å². The Morgan fingerprint density at radius 2 is 2.00 bits per heavy atom. The van der Waals surface area contributed by atoms with Gasteiger partial charge in [0.2, 0.25) is 0 Å². The van der Waals surface area contributed by atoms with Gasteiger partial charge in [0, 0.05) is 18.0 Å². The molecule has 2 heterocycles. The molecule has 0 aliphatic heterocycles. The van der Waals surface area contributed by atoms with Crippen LogP contribution in [0.1, 0.15) is 24.5 Å². The zero-order chi connectivity index (χ0) is 14.0. The number of hydrogen-bond acceptors (Lipinski definition) is 4. The fourth-order valence-corrected chi connectivity index (χ4v) is 3.20. The molecule has 2 aromatic heterocycles. The molecule has 0 N–H and O–H groups in total.